The smallest absolute Gasteiger partial charge is 0.145 e. The summed E-state index contributed by atoms with van der Waals surface area (Å²) in [6, 6.07) is 50.8. The number of aromatic nitrogens is 2. The normalized spacial score (nSPS) is 11.7. The van der Waals surface area contributed by atoms with E-state index in [1.165, 1.54) is 104 Å². The molecule has 0 spiro atoms. The standard InChI is InChI=1S/C47H37B7N2/c48-40-37(41(49)42(50)39-38(40)43(51)45(53)46(54)44(39)52)36-31-13-5-3-11-29(31)35(30-12-4-6-14-32(30)36)25-17-19-26(20-18-25)47-55-33-15-7-8-16-34(33)56(47)28-22-21-24-9-1-2-10-27(24)23-28/h1-23H,48-54H2. The van der Waals surface area contributed by atoms with Crippen molar-refractivity contribution in [3.8, 4) is 39.3 Å². The lowest BCUT2D eigenvalue weighted by Gasteiger charge is -2.26. The number of para-hydroxylation sites is 2. The number of fused-ring (bicyclic) bond motifs is 5. The number of nitrogens with zero attached hydrogens (tertiary/aromatic N) is 2. The van der Waals surface area contributed by atoms with Crippen molar-refractivity contribution in [3.05, 3.63) is 140 Å². The number of imidazole rings is 1. The Bertz CT molecular complexity index is 3220. The van der Waals surface area contributed by atoms with Crippen LogP contribution in [0.15, 0.2) is 140 Å². The minimum absolute atomic E-state index is 0.937. The van der Waals surface area contributed by atoms with Crippen LogP contribution in [0.4, 0.5) is 0 Å². The third kappa shape index (κ3) is 5.03. The van der Waals surface area contributed by atoms with Gasteiger partial charge >= 0.3 is 0 Å². The van der Waals surface area contributed by atoms with Crippen LogP contribution in [0.5, 0.6) is 0 Å². The third-order valence-electron chi connectivity index (χ3n) is 12.9. The Morgan fingerprint density at radius 3 is 1.52 bits per heavy atom. The first-order chi connectivity index (χ1) is 27.2. The Morgan fingerprint density at radius 2 is 0.875 bits per heavy atom. The first-order valence-electron chi connectivity index (χ1n) is 19.7. The maximum Gasteiger partial charge on any atom is 0.145 e. The Kier molecular flexibility index (Phi) is 8.01. The fraction of sp³-hybridized carbons (Fsp3) is 0. The predicted octanol–water partition coefficient (Wildman–Crippen LogP) is 0.448. The van der Waals surface area contributed by atoms with Crippen molar-refractivity contribution in [1.82, 2.24) is 9.55 Å². The molecule has 0 aliphatic rings. The second kappa shape index (κ2) is 13.0. The zero-order chi connectivity index (χ0) is 38.4. The van der Waals surface area contributed by atoms with E-state index in [1.807, 2.05) is 0 Å². The molecule has 0 atom stereocenters. The van der Waals surface area contributed by atoms with E-state index in [2.05, 4.69) is 199 Å². The molecule has 1 aromatic heterocycles. The van der Waals surface area contributed by atoms with E-state index >= 15 is 0 Å². The molecule has 0 radical (unpaired) electrons. The maximum absolute atomic E-state index is 5.22. The van der Waals surface area contributed by atoms with Gasteiger partial charge in [-0.1, -0.05) is 143 Å². The van der Waals surface area contributed by atoms with Crippen LogP contribution in [0.25, 0.3) is 93.5 Å². The minimum Gasteiger partial charge on any atom is -0.292 e. The summed E-state index contributed by atoms with van der Waals surface area (Å²) in [5.74, 6) is 0.937. The lowest BCUT2D eigenvalue weighted by Crippen LogP contribution is -2.52. The predicted molar refractivity (Wildman–Crippen MR) is 265 cm³/mol. The molecule has 1 heterocycles. The Labute approximate surface area is 334 Å². The second-order valence-corrected chi connectivity index (χ2v) is 15.7. The molecule has 0 saturated carbocycles. The van der Waals surface area contributed by atoms with Crippen molar-refractivity contribution in [1.29, 1.82) is 0 Å². The van der Waals surface area contributed by atoms with Gasteiger partial charge in [0.15, 0.2) is 0 Å². The zero-order valence-electron chi connectivity index (χ0n) is 33.2. The van der Waals surface area contributed by atoms with Gasteiger partial charge in [-0.3, -0.25) is 4.57 Å². The molecule has 2 nitrogen and oxygen atoms in total. The average molecular weight is 706 g/mol. The summed E-state index contributed by atoms with van der Waals surface area (Å²) >= 11 is 0. The average Bonchev–Trinajstić information content (AvgIpc) is 3.63. The van der Waals surface area contributed by atoms with Gasteiger partial charge in [-0.2, -0.15) is 0 Å². The van der Waals surface area contributed by atoms with E-state index in [1.54, 1.807) is 0 Å². The molecule has 9 heteroatoms. The molecule has 0 bridgehead atoms. The molecular weight excluding hydrogens is 668 g/mol. The zero-order valence-corrected chi connectivity index (χ0v) is 33.2. The maximum atomic E-state index is 5.22. The lowest BCUT2D eigenvalue weighted by molar-refractivity contribution is 1.11. The first kappa shape index (κ1) is 34.4. The molecule has 0 aliphatic heterocycles. The van der Waals surface area contributed by atoms with Crippen LogP contribution in [-0.4, -0.2) is 64.5 Å². The number of rotatable bonds is 4. The third-order valence-corrected chi connectivity index (χ3v) is 12.9. The van der Waals surface area contributed by atoms with E-state index in [4.69, 9.17) is 4.98 Å². The largest absolute Gasteiger partial charge is 0.292 e. The van der Waals surface area contributed by atoms with Crippen LogP contribution in [0.2, 0.25) is 0 Å². The van der Waals surface area contributed by atoms with Gasteiger partial charge in [0, 0.05) is 11.3 Å². The summed E-state index contributed by atoms with van der Waals surface area (Å²) in [5, 5.41) is 10.4. The van der Waals surface area contributed by atoms with Crippen molar-refractivity contribution >= 4 is 147 Å². The molecule has 256 valence electrons. The van der Waals surface area contributed by atoms with E-state index in [9.17, 15) is 0 Å². The van der Waals surface area contributed by atoms with Crippen LogP contribution in [0, 0.1) is 0 Å². The van der Waals surface area contributed by atoms with E-state index in [0.717, 1.165) is 28.1 Å². The summed E-state index contributed by atoms with van der Waals surface area (Å²) in [6.45, 7) is 0. The van der Waals surface area contributed by atoms with Crippen molar-refractivity contribution in [2.75, 3.05) is 0 Å². The van der Waals surface area contributed by atoms with Gasteiger partial charge in [-0.15, -0.1) is 10.9 Å². The molecule has 10 aromatic rings. The van der Waals surface area contributed by atoms with Crippen LogP contribution >= 0.6 is 0 Å². The van der Waals surface area contributed by atoms with Gasteiger partial charge < -0.3 is 0 Å². The molecule has 0 saturated heterocycles. The Hall–Kier alpha value is -6.06. The lowest BCUT2D eigenvalue weighted by atomic mass is 9.58. The van der Waals surface area contributed by atoms with Crippen LogP contribution in [-0.2, 0) is 0 Å². The van der Waals surface area contributed by atoms with Crippen LogP contribution in [0.1, 0.15) is 0 Å². The van der Waals surface area contributed by atoms with Crippen molar-refractivity contribution in [3.63, 3.8) is 0 Å². The van der Waals surface area contributed by atoms with Crippen molar-refractivity contribution < 1.29 is 0 Å². The van der Waals surface area contributed by atoms with Gasteiger partial charge in [-0.05, 0) is 89.6 Å². The fourth-order valence-corrected chi connectivity index (χ4v) is 9.70. The molecule has 56 heavy (non-hydrogen) atoms. The summed E-state index contributed by atoms with van der Waals surface area (Å²) in [4.78, 5) is 5.22. The summed E-state index contributed by atoms with van der Waals surface area (Å²) in [7, 11) is 16.2. The highest BCUT2D eigenvalue weighted by atomic mass is 15.1. The van der Waals surface area contributed by atoms with Crippen molar-refractivity contribution in [2.24, 2.45) is 0 Å². The monoisotopic (exact) mass is 706 g/mol. The van der Waals surface area contributed by atoms with Crippen molar-refractivity contribution in [2.45, 2.75) is 0 Å². The second-order valence-electron chi connectivity index (χ2n) is 15.7. The molecule has 9 aromatic carbocycles. The van der Waals surface area contributed by atoms with E-state index in [-0.39, 0.29) is 0 Å². The first-order valence-corrected chi connectivity index (χ1v) is 19.7. The number of hydrogen-bond donors (Lipinski definition) is 0. The summed E-state index contributed by atoms with van der Waals surface area (Å²) < 4.78 is 2.30. The highest BCUT2D eigenvalue weighted by Gasteiger charge is 2.23. The van der Waals surface area contributed by atoms with Gasteiger partial charge in [0.1, 0.15) is 60.7 Å². The molecule has 0 aliphatic carbocycles. The topological polar surface area (TPSA) is 17.8 Å². The SMILES string of the molecule is Bc1c(B)c(B)c2c(B)c(-c3c4ccccc4c(-c4ccc(-c5nc6ccccc6n5-c5ccc6ccccc6c5)cc4)c4ccccc34)c(B)c(B)c2c1B. The molecule has 0 amide bonds. The minimum atomic E-state index is 0.937. The molecule has 0 N–H and O–H groups in total. The Balaban J connectivity index is 1.19. The summed E-state index contributed by atoms with van der Waals surface area (Å²) in [5.41, 5.74) is 19.1. The molecular formula is C47H37B7N2. The van der Waals surface area contributed by atoms with E-state index in [0.29, 0.717) is 0 Å². The van der Waals surface area contributed by atoms with Crippen LogP contribution < -0.4 is 38.2 Å². The van der Waals surface area contributed by atoms with Crippen LogP contribution in [0.3, 0.4) is 0 Å². The number of benzene rings is 9. The molecule has 0 fully saturated rings. The van der Waals surface area contributed by atoms with Gasteiger partial charge in [-0.25, -0.2) is 4.98 Å². The number of hydrogen-bond acceptors (Lipinski definition) is 1. The molecule has 10 rings (SSSR count). The highest BCUT2D eigenvalue weighted by Crippen LogP contribution is 2.43. The highest BCUT2D eigenvalue weighted by molar-refractivity contribution is 6.72. The quantitative estimate of drug-likeness (QED) is 0.192. The van der Waals surface area contributed by atoms with Gasteiger partial charge in [0.2, 0.25) is 0 Å². The van der Waals surface area contributed by atoms with E-state index < -0.39 is 0 Å². The fourth-order valence-electron chi connectivity index (χ4n) is 9.70. The van der Waals surface area contributed by atoms with Gasteiger partial charge in [0.25, 0.3) is 0 Å². The molecule has 0 unspecified atom stereocenters. The Morgan fingerprint density at radius 1 is 0.375 bits per heavy atom. The van der Waals surface area contributed by atoms with Gasteiger partial charge in [0.05, 0.1) is 11.0 Å². The summed E-state index contributed by atoms with van der Waals surface area (Å²) in [6.07, 6.45) is 0.